The fourth-order valence-corrected chi connectivity index (χ4v) is 4.42. The largest absolute Gasteiger partial charge is 0.366 e. The predicted octanol–water partition coefficient (Wildman–Crippen LogP) is 4.34. The summed E-state index contributed by atoms with van der Waals surface area (Å²) in [6, 6.07) is 10.7. The lowest BCUT2D eigenvalue weighted by atomic mass is 10.1. The summed E-state index contributed by atoms with van der Waals surface area (Å²) < 4.78 is 28.6. The van der Waals surface area contributed by atoms with Crippen molar-refractivity contribution in [3.63, 3.8) is 0 Å². The zero-order valence-electron chi connectivity index (χ0n) is 15.2. The Hall–Kier alpha value is -2.80. The van der Waals surface area contributed by atoms with Gasteiger partial charge in [-0.3, -0.25) is 9.59 Å². The van der Waals surface area contributed by atoms with E-state index in [-0.39, 0.29) is 17.5 Å². The molecular formula is C21H18F2N2O2S. The van der Waals surface area contributed by atoms with Gasteiger partial charge < -0.3 is 9.80 Å². The maximum Gasteiger partial charge on any atom is 0.264 e. The molecule has 4 nitrogen and oxygen atoms in total. The molecule has 7 heteroatoms. The van der Waals surface area contributed by atoms with Crippen molar-refractivity contribution in [1.29, 1.82) is 0 Å². The first-order valence-corrected chi connectivity index (χ1v) is 9.78. The van der Waals surface area contributed by atoms with Gasteiger partial charge in [0.25, 0.3) is 5.91 Å². The van der Waals surface area contributed by atoms with E-state index in [0.29, 0.717) is 42.3 Å². The van der Waals surface area contributed by atoms with E-state index >= 15 is 0 Å². The van der Waals surface area contributed by atoms with Crippen molar-refractivity contribution in [1.82, 2.24) is 4.90 Å². The summed E-state index contributed by atoms with van der Waals surface area (Å²) >= 11 is 1.35. The molecule has 1 fully saturated rings. The third kappa shape index (κ3) is 3.49. The molecule has 0 atom stereocenters. The van der Waals surface area contributed by atoms with E-state index in [2.05, 4.69) is 0 Å². The average Bonchev–Trinajstić information content (AvgIpc) is 3.10. The molecule has 0 aliphatic carbocycles. The summed E-state index contributed by atoms with van der Waals surface area (Å²) in [7, 11) is 0. The van der Waals surface area contributed by atoms with Crippen molar-refractivity contribution >= 4 is 38.8 Å². The predicted molar refractivity (Wildman–Crippen MR) is 106 cm³/mol. The SMILES string of the molecule is CC(=O)c1ccc(N2CCN(C(=O)c3cc4cc(F)ccc4s3)CC2)c(F)c1. The van der Waals surface area contributed by atoms with Gasteiger partial charge in [-0.05, 0) is 54.8 Å². The summed E-state index contributed by atoms with van der Waals surface area (Å²) in [6.07, 6.45) is 0. The zero-order chi connectivity index (χ0) is 19.8. The number of hydrogen-bond acceptors (Lipinski definition) is 4. The monoisotopic (exact) mass is 400 g/mol. The van der Waals surface area contributed by atoms with Gasteiger partial charge in [-0.2, -0.15) is 0 Å². The molecule has 3 aromatic rings. The number of Topliss-reactive ketones (excluding diaryl/α,β-unsaturated/α-hetero) is 1. The number of anilines is 1. The van der Waals surface area contributed by atoms with Crippen LogP contribution in [0, 0.1) is 11.6 Å². The number of benzene rings is 2. The molecule has 1 aromatic heterocycles. The Kier molecular flexibility index (Phi) is 4.85. The number of piperazine rings is 1. The average molecular weight is 400 g/mol. The standard InChI is InChI=1S/C21H18F2N2O2S/c1-13(26)14-2-4-18(17(23)11-14)24-6-8-25(9-7-24)21(27)20-12-15-10-16(22)3-5-19(15)28-20/h2-5,10-12H,6-9H2,1H3. The molecule has 2 heterocycles. The molecule has 144 valence electrons. The number of rotatable bonds is 3. The Morgan fingerprint density at radius 1 is 0.964 bits per heavy atom. The molecular weight excluding hydrogens is 382 g/mol. The minimum Gasteiger partial charge on any atom is -0.366 e. The van der Waals surface area contributed by atoms with Crippen LogP contribution in [-0.2, 0) is 0 Å². The Bertz CT molecular complexity index is 1070. The van der Waals surface area contributed by atoms with E-state index in [0.717, 1.165) is 10.1 Å². The van der Waals surface area contributed by atoms with Gasteiger partial charge in [0.2, 0.25) is 0 Å². The first kappa shape index (κ1) is 18.6. The second kappa shape index (κ2) is 7.31. The van der Waals surface area contributed by atoms with Crippen molar-refractivity contribution in [2.45, 2.75) is 6.92 Å². The third-order valence-electron chi connectivity index (χ3n) is 4.95. The quantitative estimate of drug-likeness (QED) is 0.614. The van der Waals surface area contributed by atoms with Crippen LogP contribution in [0.3, 0.4) is 0 Å². The highest BCUT2D eigenvalue weighted by Crippen LogP contribution is 2.28. The van der Waals surface area contributed by atoms with E-state index in [4.69, 9.17) is 0 Å². The maximum absolute atomic E-state index is 14.4. The Morgan fingerprint density at radius 2 is 1.71 bits per heavy atom. The molecule has 4 rings (SSSR count). The fraction of sp³-hybridized carbons (Fsp3) is 0.238. The number of halogens is 2. The van der Waals surface area contributed by atoms with Crippen LogP contribution < -0.4 is 4.90 Å². The molecule has 0 radical (unpaired) electrons. The number of ketones is 1. The van der Waals surface area contributed by atoms with Crippen molar-refractivity contribution in [3.8, 4) is 0 Å². The van der Waals surface area contributed by atoms with Crippen LogP contribution in [-0.4, -0.2) is 42.8 Å². The number of fused-ring (bicyclic) bond motifs is 1. The molecule has 0 bridgehead atoms. The normalized spacial score (nSPS) is 14.5. The molecule has 1 aliphatic heterocycles. The van der Waals surface area contributed by atoms with Crippen LogP contribution in [0.5, 0.6) is 0 Å². The summed E-state index contributed by atoms with van der Waals surface area (Å²) in [5.74, 6) is -1.02. The van der Waals surface area contributed by atoms with Crippen LogP contribution in [0.4, 0.5) is 14.5 Å². The van der Waals surface area contributed by atoms with E-state index in [1.54, 1.807) is 29.2 Å². The highest BCUT2D eigenvalue weighted by Gasteiger charge is 2.25. The fourth-order valence-electron chi connectivity index (χ4n) is 3.41. The molecule has 1 saturated heterocycles. The highest BCUT2D eigenvalue weighted by molar-refractivity contribution is 7.20. The van der Waals surface area contributed by atoms with E-state index < -0.39 is 5.82 Å². The molecule has 0 spiro atoms. The molecule has 0 N–H and O–H groups in total. The van der Waals surface area contributed by atoms with E-state index in [1.807, 2.05) is 4.90 Å². The zero-order valence-corrected chi connectivity index (χ0v) is 16.1. The van der Waals surface area contributed by atoms with Crippen molar-refractivity contribution < 1.29 is 18.4 Å². The number of carbonyl (C=O) groups is 2. The van der Waals surface area contributed by atoms with Crippen LogP contribution in [0.25, 0.3) is 10.1 Å². The Labute approximate surface area is 165 Å². The number of thiophene rings is 1. The highest BCUT2D eigenvalue weighted by atomic mass is 32.1. The van der Waals surface area contributed by atoms with Crippen LogP contribution in [0.2, 0.25) is 0 Å². The number of amides is 1. The first-order chi connectivity index (χ1) is 13.4. The number of nitrogens with zero attached hydrogens (tertiary/aromatic N) is 2. The van der Waals surface area contributed by atoms with E-state index in [9.17, 15) is 18.4 Å². The van der Waals surface area contributed by atoms with Crippen molar-refractivity contribution in [2.24, 2.45) is 0 Å². The summed E-state index contributed by atoms with van der Waals surface area (Å²) in [6.45, 7) is 3.34. The molecule has 1 amide bonds. The van der Waals surface area contributed by atoms with Gasteiger partial charge in [0.05, 0.1) is 10.6 Å². The second-order valence-electron chi connectivity index (χ2n) is 6.79. The van der Waals surface area contributed by atoms with Crippen LogP contribution in [0.1, 0.15) is 27.0 Å². The molecule has 2 aromatic carbocycles. The lowest BCUT2D eigenvalue weighted by molar-refractivity contribution is 0.0751. The van der Waals surface area contributed by atoms with Crippen molar-refractivity contribution in [3.05, 3.63) is 64.5 Å². The minimum atomic E-state index is -0.431. The smallest absolute Gasteiger partial charge is 0.264 e. The first-order valence-electron chi connectivity index (χ1n) is 8.96. The number of hydrogen-bond donors (Lipinski definition) is 0. The topological polar surface area (TPSA) is 40.6 Å². The number of carbonyl (C=O) groups excluding carboxylic acids is 2. The van der Waals surface area contributed by atoms with Gasteiger partial charge in [-0.1, -0.05) is 0 Å². The van der Waals surface area contributed by atoms with Crippen molar-refractivity contribution in [2.75, 3.05) is 31.1 Å². The molecule has 28 heavy (non-hydrogen) atoms. The maximum atomic E-state index is 14.4. The second-order valence-corrected chi connectivity index (χ2v) is 7.88. The lowest BCUT2D eigenvalue weighted by Crippen LogP contribution is -2.48. The van der Waals surface area contributed by atoms with Gasteiger partial charge >= 0.3 is 0 Å². The lowest BCUT2D eigenvalue weighted by Gasteiger charge is -2.36. The Balaban J connectivity index is 1.46. The van der Waals surface area contributed by atoms with E-state index in [1.165, 1.54) is 36.5 Å². The minimum absolute atomic E-state index is 0.0892. The van der Waals surface area contributed by atoms with Gasteiger partial charge in [0.15, 0.2) is 5.78 Å². The summed E-state index contributed by atoms with van der Waals surface area (Å²) in [5, 5.41) is 0.722. The van der Waals surface area contributed by atoms with Gasteiger partial charge in [0.1, 0.15) is 11.6 Å². The summed E-state index contributed by atoms with van der Waals surface area (Å²) in [4.78, 5) is 28.4. The van der Waals surface area contributed by atoms with Gasteiger partial charge in [-0.15, -0.1) is 11.3 Å². The molecule has 0 unspecified atom stereocenters. The Morgan fingerprint density at radius 3 is 2.39 bits per heavy atom. The van der Waals surface area contributed by atoms with Gasteiger partial charge in [0, 0.05) is 36.4 Å². The summed E-state index contributed by atoms with van der Waals surface area (Å²) in [5.41, 5.74) is 0.783. The molecule has 0 saturated carbocycles. The van der Waals surface area contributed by atoms with Crippen LogP contribution in [0.15, 0.2) is 42.5 Å². The van der Waals surface area contributed by atoms with Crippen LogP contribution >= 0.6 is 11.3 Å². The molecule has 1 aliphatic rings. The van der Waals surface area contributed by atoms with Gasteiger partial charge in [-0.25, -0.2) is 8.78 Å². The third-order valence-corrected chi connectivity index (χ3v) is 6.05.